The summed E-state index contributed by atoms with van der Waals surface area (Å²) in [4.78, 5) is 6.04. The quantitative estimate of drug-likeness (QED) is 0.515. The zero-order valence-electron chi connectivity index (χ0n) is 17.7. The van der Waals surface area contributed by atoms with Gasteiger partial charge in [0.15, 0.2) is 11.5 Å². The number of methoxy groups -OCH3 is 2. The van der Waals surface area contributed by atoms with Gasteiger partial charge in [0.1, 0.15) is 4.90 Å². The summed E-state index contributed by atoms with van der Waals surface area (Å²) in [6, 6.07) is 9.95. The van der Waals surface area contributed by atoms with Gasteiger partial charge in [0, 0.05) is 30.7 Å². The molecule has 0 amide bonds. The summed E-state index contributed by atoms with van der Waals surface area (Å²) in [6.45, 7) is 1.81. The van der Waals surface area contributed by atoms with Gasteiger partial charge in [-0.2, -0.15) is 0 Å². The van der Waals surface area contributed by atoms with Gasteiger partial charge in [-0.15, -0.1) is 0 Å². The third-order valence-corrected chi connectivity index (χ3v) is 6.72. The molecule has 0 bridgehead atoms. The summed E-state index contributed by atoms with van der Waals surface area (Å²) in [5.74, 6) is 0.702. The van der Waals surface area contributed by atoms with Crippen molar-refractivity contribution in [3.8, 4) is 11.5 Å². The molecule has 0 aliphatic rings. The third-order valence-electron chi connectivity index (χ3n) is 4.97. The van der Waals surface area contributed by atoms with Crippen molar-refractivity contribution in [2.45, 2.75) is 16.7 Å². The SMILES string of the molecule is COc1ccc(S(=O)(=O)c2cnc3ccc(C)cc3c2N(CCO)CCO)cc1OC. The van der Waals surface area contributed by atoms with Crippen molar-refractivity contribution in [3.63, 3.8) is 0 Å². The first kappa shape index (κ1) is 22.8. The monoisotopic (exact) mass is 446 g/mol. The highest BCUT2D eigenvalue weighted by atomic mass is 32.2. The number of pyridine rings is 1. The Morgan fingerprint density at radius 3 is 2.26 bits per heavy atom. The number of aromatic nitrogens is 1. The summed E-state index contributed by atoms with van der Waals surface area (Å²) in [5, 5.41) is 19.8. The summed E-state index contributed by atoms with van der Waals surface area (Å²) in [5.41, 5.74) is 1.95. The first-order valence-corrected chi connectivity index (χ1v) is 11.2. The van der Waals surface area contributed by atoms with Crippen molar-refractivity contribution >= 4 is 26.4 Å². The second-order valence-electron chi connectivity index (χ2n) is 6.95. The average Bonchev–Trinajstić information content (AvgIpc) is 2.77. The summed E-state index contributed by atoms with van der Waals surface area (Å²) < 4.78 is 37.8. The lowest BCUT2D eigenvalue weighted by atomic mass is 10.1. The summed E-state index contributed by atoms with van der Waals surface area (Å²) in [6.07, 6.45) is 1.32. The maximum atomic E-state index is 13.7. The molecule has 3 rings (SSSR count). The van der Waals surface area contributed by atoms with E-state index < -0.39 is 9.84 Å². The Bertz CT molecular complexity index is 1170. The van der Waals surface area contributed by atoms with Gasteiger partial charge in [0.05, 0.1) is 43.5 Å². The topological polar surface area (TPSA) is 109 Å². The second-order valence-corrected chi connectivity index (χ2v) is 8.86. The van der Waals surface area contributed by atoms with Crippen LogP contribution in [-0.2, 0) is 9.84 Å². The van der Waals surface area contributed by atoms with Crippen LogP contribution in [0.1, 0.15) is 5.56 Å². The number of aryl methyl sites for hydroxylation is 1. The molecule has 0 fully saturated rings. The number of sulfone groups is 1. The van der Waals surface area contributed by atoms with Crippen LogP contribution in [0.15, 0.2) is 52.4 Å². The van der Waals surface area contributed by atoms with Crippen molar-refractivity contribution in [2.75, 3.05) is 45.4 Å². The van der Waals surface area contributed by atoms with E-state index in [1.165, 1.54) is 38.6 Å². The lowest BCUT2D eigenvalue weighted by molar-refractivity contribution is 0.281. The Labute approximate surface area is 181 Å². The Hall–Kier alpha value is -2.88. The maximum absolute atomic E-state index is 13.7. The molecule has 3 aromatic rings. The van der Waals surface area contributed by atoms with Gasteiger partial charge in [-0.05, 0) is 31.2 Å². The van der Waals surface area contributed by atoms with Gasteiger partial charge in [-0.3, -0.25) is 4.98 Å². The fourth-order valence-corrected chi connectivity index (χ4v) is 4.93. The van der Waals surface area contributed by atoms with Gasteiger partial charge in [-0.1, -0.05) is 11.6 Å². The number of nitrogens with zero attached hydrogens (tertiary/aromatic N) is 2. The van der Waals surface area contributed by atoms with E-state index in [4.69, 9.17) is 9.47 Å². The van der Waals surface area contributed by atoms with E-state index in [0.717, 1.165) is 5.56 Å². The number of aliphatic hydroxyl groups is 2. The first-order chi connectivity index (χ1) is 14.9. The summed E-state index contributed by atoms with van der Waals surface area (Å²) in [7, 11) is -1.11. The number of ether oxygens (including phenoxy) is 2. The van der Waals surface area contributed by atoms with E-state index in [0.29, 0.717) is 22.3 Å². The van der Waals surface area contributed by atoms with Crippen molar-refractivity contribution in [3.05, 3.63) is 48.2 Å². The van der Waals surface area contributed by atoms with E-state index >= 15 is 0 Å². The van der Waals surface area contributed by atoms with Crippen molar-refractivity contribution < 1.29 is 28.1 Å². The molecule has 0 aliphatic carbocycles. The van der Waals surface area contributed by atoms with Crippen LogP contribution < -0.4 is 14.4 Å². The molecule has 2 N–H and O–H groups in total. The lowest BCUT2D eigenvalue weighted by Gasteiger charge is -2.27. The minimum absolute atomic E-state index is 0.0141. The molecule has 0 atom stereocenters. The van der Waals surface area contributed by atoms with Gasteiger partial charge < -0.3 is 24.6 Å². The number of rotatable bonds is 9. The standard InChI is InChI=1S/C22H26N2O6S/c1-15-4-6-18-17(12-15)22(24(8-10-25)9-11-26)21(14-23-18)31(27,28)16-5-7-19(29-2)20(13-16)30-3/h4-7,12-14,25-26H,8-11H2,1-3H3. The Kier molecular flexibility index (Phi) is 6.99. The number of fused-ring (bicyclic) bond motifs is 1. The molecule has 0 spiro atoms. The lowest BCUT2D eigenvalue weighted by Crippen LogP contribution is -2.31. The van der Waals surface area contributed by atoms with E-state index in [1.807, 2.05) is 25.1 Å². The number of hydrogen-bond acceptors (Lipinski definition) is 8. The van der Waals surface area contributed by atoms with Crippen LogP contribution in [0.3, 0.4) is 0 Å². The van der Waals surface area contributed by atoms with Crippen molar-refractivity contribution in [1.82, 2.24) is 4.98 Å². The van der Waals surface area contributed by atoms with Crippen LogP contribution in [0.25, 0.3) is 10.9 Å². The highest BCUT2D eigenvalue weighted by molar-refractivity contribution is 7.91. The molecule has 0 unspecified atom stereocenters. The Balaban J connectivity index is 2.31. The average molecular weight is 447 g/mol. The van der Waals surface area contributed by atoms with Crippen molar-refractivity contribution in [1.29, 1.82) is 0 Å². The first-order valence-electron chi connectivity index (χ1n) is 9.70. The van der Waals surface area contributed by atoms with E-state index in [2.05, 4.69) is 4.98 Å². The third kappa shape index (κ3) is 4.43. The molecule has 8 nitrogen and oxygen atoms in total. The van der Waals surface area contributed by atoms with Crippen LogP contribution in [0, 0.1) is 6.92 Å². The molecular weight excluding hydrogens is 420 g/mol. The largest absolute Gasteiger partial charge is 0.493 e. The molecule has 0 radical (unpaired) electrons. The van der Waals surface area contributed by atoms with Gasteiger partial charge in [-0.25, -0.2) is 8.42 Å². The van der Waals surface area contributed by atoms with Crippen LogP contribution in [0.2, 0.25) is 0 Å². The molecule has 166 valence electrons. The fraction of sp³-hybridized carbons (Fsp3) is 0.318. The summed E-state index contributed by atoms with van der Waals surface area (Å²) >= 11 is 0. The van der Waals surface area contributed by atoms with Crippen molar-refractivity contribution in [2.24, 2.45) is 0 Å². The fourth-order valence-electron chi connectivity index (χ4n) is 3.48. The zero-order chi connectivity index (χ0) is 22.6. The highest BCUT2D eigenvalue weighted by Crippen LogP contribution is 2.38. The molecule has 31 heavy (non-hydrogen) atoms. The zero-order valence-corrected chi connectivity index (χ0v) is 18.5. The van der Waals surface area contributed by atoms with E-state index in [-0.39, 0.29) is 41.8 Å². The van der Waals surface area contributed by atoms with Gasteiger partial charge in [0.25, 0.3) is 0 Å². The van der Waals surface area contributed by atoms with E-state index in [9.17, 15) is 18.6 Å². The normalized spacial score (nSPS) is 11.5. The molecule has 0 saturated heterocycles. The molecule has 2 aromatic carbocycles. The predicted octanol–water partition coefficient (Wildman–Crippen LogP) is 2.18. The van der Waals surface area contributed by atoms with Crippen LogP contribution in [-0.4, -0.2) is 64.1 Å². The van der Waals surface area contributed by atoms with Crippen LogP contribution in [0.5, 0.6) is 11.5 Å². The predicted molar refractivity (Wildman–Crippen MR) is 118 cm³/mol. The smallest absolute Gasteiger partial charge is 0.210 e. The Morgan fingerprint density at radius 2 is 1.65 bits per heavy atom. The van der Waals surface area contributed by atoms with Gasteiger partial charge in [0.2, 0.25) is 9.84 Å². The Morgan fingerprint density at radius 1 is 0.968 bits per heavy atom. The highest BCUT2D eigenvalue weighted by Gasteiger charge is 2.28. The minimum atomic E-state index is -4.02. The molecular formula is C22H26N2O6S. The molecule has 0 saturated carbocycles. The van der Waals surface area contributed by atoms with E-state index in [1.54, 1.807) is 4.90 Å². The number of aliphatic hydroxyl groups excluding tert-OH is 2. The van der Waals surface area contributed by atoms with Gasteiger partial charge >= 0.3 is 0 Å². The maximum Gasteiger partial charge on any atom is 0.210 e. The molecule has 1 aromatic heterocycles. The van der Waals surface area contributed by atoms with Crippen LogP contribution in [0.4, 0.5) is 5.69 Å². The number of hydrogen-bond donors (Lipinski definition) is 2. The minimum Gasteiger partial charge on any atom is -0.493 e. The second kappa shape index (κ2) is 9.51. The van der Waals surface area contributed by atoms with Crippen LogP contribution >= 0.6 is 0 Å². The molecule has 9 heteroatoms. The number of anilines is 1. The molecule has 1 heterocycles. The molecule has 0 aliphatic heterocycles. The number of benzene rings is 2.